The number of fused-ring (bicyclic) bond motifs is 1. The number of methoxy groups -OCH3 is 1. The van der Waals surface area contributed by atoms with E-state index in [1.54, 1.807) is 7.11 Å². The van der Waals surface area contributed by atoms with E-state index in [1.807, 2.05) is 30.3 Å². The van der Waals surface area contributed by atoms with Gasteiger partial charge in [0.05, 0.1) is 18.3 Å². The highest BCUT2D eigenvalue weighted by atomic mass is 16.5. The maximum absolute atomic E-state index is 5.46. The lowest BCUT2D eigenvalue weighted by molar-refractivity contribution is 0.412. The predicted octanol–water partition coefficient (Wildman–Crippen LogP) is 5.72. The van der Waals surface area contributed by atoms with Crippen LogP contribution >= 0.6 is 0 Å². The molecule has 1 N–H and O–H groups in total. The second-order valence-corrected chi connectivity index (χ2v) is 6.25. The van der Waals surface area contributed by atoms with Crippen LogP contribution in [-0.2, 0) is 0 Å². The van der Waals surface area contributed by atoms with Gasteiger partial charge in [0, 0.05) is 5.39 Å². The highest BCUT2D eigenvalue weighted by Gasteiger charge is 2.09. The molecule has 0 unspecified atom stereocenters. The standard InChI is InChI=1S/C23H20N2O/c1-16-19(9-6-10-23(16)26-2)18-12-14-22-20(15-18)21(24-25-22)13-11-17-7-4-3-5-8-17/h3-15H,1-2H3,(H,24,25). The smallest absolute Gasteiger partial charge is 0.122 e. The summed E-state index contributed by atoms with van der Waals surface area (Å²) in [6, 6.07) is 22.8. The minimum Gasteiger partial charge on any atom is -0.496 e. The van der Waals surface area contributed by atoms with Gasteiger partial charge >= 0.3 is 0 Å². The summed E-state index contributed by atoms with van der Waals surface area (Å²) in [6.07, 6.45) is 4.13. The van der Waals surface area contributed by atoms with Crippen LogP contribution in [0.15, 0.2) is 66.7 Å². The number of ether oxygens (including phenoxy) is 1. The van der Waals surface area contributed by atoms with Gasteiger partial charge in [0.1, 0.15) is 5.75 Å². The van der Waals surface area contributed by atoms with E-state index in [9.17, 15) is 0 Å². The molecule has 1 heterocycles. The third-order valence-electron chi connectivity index (χ3n) is 4.64. The number of aromatic amines is 1. The number of H-pyrrole nitrogens is 1. The van der Waals surface area contributed by atoms with Crippen molar-refractivity contribution in [2.45, 2.75) is 6.92 Å². The van der Waals surface area contributed by atoms with Crippen molar-refractivity contribution in [2.75, 3.05) is 7.11 Å². The number of nitrogens with zero attached hydrogens (tertiary/aromatic N) is 1. The van der Waals surface area contributed by atoms with Crippen LogP contribution in [0.2, 0.25) is 0 Å². The fourth-order valence-electron chi connectivity index (χ4n) is 3.22. The van der Waals surface area contributed by atoms with Crippen LogP contribution in [0.4, 0.5) is 0 Å². The first-order chi connectivity index (χ1) is 12.8. The van der Waals surface area contributed by atoms with Gasteiger partial charge in [-0.05, 0) is 53.5 Å². The molecule has 0 spiro atoms. The Morgan fingerprint density at radius 3 is 2.58 bits per heavy atom. The van der Waals surface area contributed by atoms with Gasteiger partial charge in [0.2, 0.25) is 0 Å². The molecular formula is C23H20N2O. The maximum Gasteiger partial charge on any atom is 0.122 e. The van der Waals surface area contributed by atoms with E-state index in [-0.39, 0.29) is 0 Å². The summed E-state index contributed by atoms with van der Waals surface area (Å²) in [4.78, 5) is 0. The van der Waals surface area contributed by atoms with Crippen LogP contribution in [0.3, 0.4) is 0 Å². The molecule has 0 bridgehead atoms. The second kappa shape index (κ2) is 6.89. The zero-order valence-corrected chi connectivity index (χ0v) is 14.9. The third kappa shape index (κ3) is 3.00. The minimum absolute atomic E-state index is 0.902. The molecule has 0 aliphatic rings. The number of hydrogen-bond donors (Lipinski definition) is 1. The van der Waals surface area contributed by atoms with Crippen molar-refractivity contribution in [2.24, 2.45) is 0 Å². The summed E-state index contributed by atoms with van der Waals surface area (Å²) in [5.41, 5.74) is 6.59. The first-order valence-electron chi connectivity index (χ1n) is 8.61. The van der Waals surface area contributed by atoms with Crippen LogP contribution in [0, 0.1) is 6.92 Å². The van der Waals surface area contributed by atoms with E-state index in [1.165, 1.54) is 5.56 Å². The highest BCUT2D eigenvalue weighted by molar-refractivity contribution is 5.92. The average molecular weight is 340 g/mol. The molecule has 0 radical (unpaired) electrons. The normalized spacial score (nSPS) is 11.3. The van der Waals surface area contributed by atoms with Crippen LogP contribution < -0.4 is 4.74 Å². The van der Waals surface area contributed by atoms with Gasteiger partial charge in [-0.3, -0.25) is 5.10 Å². The van der Waals surface area contributed by atoms with Gasteiger partial charge in [0.25, 0.3) is 0 Å². The Hall–Kier alpha value is -3.33. The Morgan fingerprint density at radius 2 is 1.77 bits per heavy atom. The zero-order valence-electron chi connectivity index (χ0n) is 14.9. The highest BCUT2D eigenvalue weighted by Crippen LogP contribution is 2.32. The molecule has 0 saturated carbocycles. The molecule has 0 amide bonds. The molecule has 3 nitrogen and oxygen atoms in total. The molecule has 128 valence electrons. The Balaban J connectivity index is 1.77. The molecule has 4 aromatic rings. The van der Waals surface area contributed by atoms with E-state index < -0.39 is 0 Å². The summed E-state index contributed by atoms with van der Waals surface area (Å²) >= 11 is 0. The van der Waals surface area contributed by atoms with Crippen molar-refractivity contribution >= 4 is 23.1 Å². The van der Waals surface area contributed by atoms with E-state index in [4.69, 9.17) is 4.74 Å². The van der Waals surface area contributed by atoms with Crippen molar-refractivity contribution in [3.63, 3.8) is 0 Å². The number of rotatable bonds is 4. The van der Waals surface area contributed by atoms with Gasteiger partial charge < -0.3 is 4.74 Å². The summed E-state index contributed by atoms with van der Waals surface area (Å²) in [6.45, 7) is 2.09. The minimum atomic E-state index is 0.902. The Bertz CT molecular complexity index is 1080. The van der Waals surface area contributed by atoms with E-state index in [0.717, 1.165) is 39.0 Å². The molecule has 1 aromatic heterocycles. The van der Waals surface area contributed by atoms with E-state index >= 15 is 0 Å². The van der Waals surface area contributed by atoms with Gasteiger partial charge in [-0.15, -0.1) is 0 Å². The van der Waals surface area contributed by atoms with Crippen LogP contribution in [0.1, 0.15) is 16.8 Å². The fraction of sp³-hybridized carbons (Fsp3) is 0.0870. The largest absolute Gasteiger partial charge is 0.496 e. The van der Waals surface area contributed by atoms with Crippen molar-refractivity contribution in [1.29, 1.82) is 0 Å². The molecular weight excluding hydrogens is 320 g/mol. The summed E-state index contributed by atoms with van der Waals surface area (Å²) in [5, 5.41) is 8.69. The number of aromatic nitrogens is 2. The lowest BCUT2D eigenvalue weighted by atomic mass is 9.98. The molecule has 0 aliphatic carbocycles. The van der Waals surface area contributed by atoms with Gasteiger partial charge in [-0.2, -0.15) is 5.10 Å². The fourth-order valence-corrected chi connectivity index (χ4v) is 3.22. The SMILES string of the molecule is COc1cccc(-c2ccc3[nH]nc(C=Cc4ccccc4)c3c2)c1C. The Morgan fingerprint density at radius 1 is 0.923 bits per heavy atom. The van der Waals surface area contributed by atoms with Crippen LogP contribution in [0.5, 0.6) is 5.75 Å². The molecule has 26 heavy (non-hydrogen) atoms. The third-order valence-corrected chi connectivity index (χ3v) is 4.64. The monoisotopic (exact) mass is 340 g/mol. The molecule has 0 fully saturated rings. The quantitative estimate of drug-likeness (QED) is 0.516. The molecule has 0 aliphatic heterocycles. The first kappa shape index (κ1) is 16.2. The van der Waals surface area contributed by atoms with Crippen LogP contribution in [-0.4, -0.2) is 17.3 Å². The average Bonchev–Trinajstić information content (AvgIpc) is 3.09. The molecule has 4 rings (SSSR count). The number of hydrogen-bond acceptors (Lipinski definition) is 2. The van der Waals surface area contributed by atoms with Crippen molar-refractivity contribution < 1.29 is 4.74 Å². The lowest BCUT2D eigenvalue weighted by Crippen LogP contribution is -1.90. The first-order valence-corrected chi connectivity index (χ1v) is 8.61. The Labute approximate surface area is 153 Å². The van der Waals surface area contributed by atoms with E-state index in [2.05, 4.69) is 65.7 Å². The van der Waals surface area contributed by atoms with Gasteiger partial charge in [0.15, 0.2) is 0 Å². The second-order valence-electron chi connectivity index (χ2n) is 6.25. The summed E-state index contributed by atoms with van der Waals surface area (Å²) in [5.74, 6) is 0.902. The summed E-state index contributed by atoms with van der Waals surface area (Å²) < 4.78 is 5.46. The Kier molecular flexibility index (Phi) is 4.28. The van der Waals surface area contributed by atoms with Crippen molar-refractivity contribution in [1.82, 2.24) is 10.2 Å². The topological polar surface area (TPSA) is 37.9 Å². The molecule has 0 atom stereocenters. The van der Waals surface area contributed by atoms with Crippen molar-refractivity contribution in [3.05, 3.63) is 83.6 Å². The molecule has 3 heteroatoms. The predicted molar refractivity (Wildman–Crippen MR) is 108 cm³/mol. The molecule has 0 saturated heterocycles. The van der Waals surface area contributed by atoms with E-state index in [0.29, 0.717) is 0 Å². The lowest BCUT2D eigenvalue weighted by Gasteiger charge is -2.10. The van der Waals surface area contributed by atoms with Crippen molar-refractivity contribution in [3.8, 4) is 16.9 Å². The summed E-state index contributed by atoms with van der Waals surface area (Å²) in [7, 11) is 1.71. The molecule has 3 aromatic carbocycles. The zero-order chi connectivity index (χ0) is 17.9. The van der Waals surface area contributed by atoms with Gasteiger partial charge in [-0.25, -0.2) is 0 Å². The maximum atomic E-state index is 5.46. The number of benzene rings is 3. The van der Waals surface area contributed by atoms with Crippen LogP contribution in [0.25, 0.3) is 34.2 Å². The van der Waals surface area contributed by atoms with Gasteiger partial charge in [-0.1, -0.05) is 54.6 Å². The number of nitrogens with one attached hydrogen (secondary N) is 1.